The van der Waals surface area contributed by atoms with Gasteiger partial charge in [-0.3, -0.25) is 0 Å². The first kappa shape index (κ1) is 10.5. The summed E-state index contributed by atoms with van der Waals surface area (Å²) in [7, 11) is -1.04. The van der Waals surface area contributed by atoms with E-state index in [0.717, 1.165) is 0 Å². The highest BCUT2D eigenvalue weighted by atomic mass is 28.3. The van der Waals surface area contributed by atoms with Crippen LogP contribution in [0, 0.1) is 0 Å². The maximum absolute atomic E-state index is 10.7. The van der Waals surface area contributed by atoms with Crippen LogP contribution in [-0.2, 0) is 0 Å². The van der Waals surface area contributed by atoms with Crippen LogP contribution in [0.15, 0.2) is 30.5 Å². The van der Waals surface area contributed by atoms with Crippen molar-refractivity contribution in [3.05, 3.63) is 36.0 Å². The van der Waals surface area contributed by atoms with E-state index >= 15 is 0 Å². The van der Waals surface area contributed by atoms with Crippen molar-refractivity contribution < 1.29 is 15.0 Å². The molecule has 0 saturated heterocycles. The Labute approximate surface area is 83.9 Å². The smallest absolute Gasteiger partial charge is 0.339 e. The van der Waals surface area contributed by atoms with Crippen molar-refractivity contribution in [3.8, 4) is 5.75 Å². The van der Waals surface area contributed by atoms with Crippen molar-refractivity contribution in [2.24, 2.45) is 0 Å². The van der Waals surface area contributed by atoms with Crippen molar-refractivity contribution >= 4 is 20.0 Å². The lowest BCUT2D eigenvalue weighted by molar-refractivity contribution is 0.0694. The molecule has 0 atom stereocenters. The molecule has 0 aliphatic carbocycles. The van der Waals surface area contributed by atoms with Gasteiger partial charge in [0, 0.05) is 0 Å². The number of carbonyl (C=O) groups is 1. The molecular weight excluding hydrogens is 196 g/mol. The molecule has 4 heteroatoms. The predicted molar refractivity (Wildman–Crippen MR) is 56.5 cm³/mol. The van der Waals surface area contributed by atoms with Gasteiger partial charge < -0.3 is 10.2 Å². The van der Waals surface area contributed by atoms with Gasteiger partial charge in [-0.2, -0.15) is 0 Å². The monoisotopic (exact) mass is 207 g/mol. The molecule has 0 bridgehead atoms. The largest absolute Gasteiger partial charge is 0.507 e. The molecule has 0 spiro atoms. The van der Waals surface area contributed by atoms with E-state index in [0.29, 0.717) is 5.19 Å². The molecule has 2 N–H and O–H groups in total. The van der Waals surface area contributed by atoms with Crippen LogP contribution < -0.4 is 5.19 Å². The van der Waals surface area contributed by atoms with Crippen LogP contribution in [-0.4, -0.2) is 25.0 Å². The summed E-state index contributed by atoms with van der Waals surface area (Å²) in [4.78, 5) is 10.7. The Balaban J connectivity index is 3.26. The number of phenols is 1. The van der Waals surface area contributed by atoms with Crippen LogP contribution >= 0.6 is 0 Å². The molecule has 0 unspecified atom stereocenters. The normalized spacial score (nSPS) is 10.1. The fourth-order valence-electron chi connectivity index (χ4n) is 1.14. The third kappa shape index (κ3) is 1.85. The number of hydrogen-bond acceptors (Lipinski definition) is 2. The van der Waals surface area contributed by atoms with Crippen molar-refractivity contribution in [2.45, 2.75) is 6.55 Å². The minimum atomic E-state index is -1.11. The van der Waals surface area contributed by atoms with E-state index in [2.05, 4.69) is 6.58 Å². The summed E-state index contributed by atoms with van der Waals surface area (Å²) in [6.45, 7) is 5.58. The van der Waals surface area contributed by atoms with Gasteiger partial charge in [0.1, 0.15) is 20.1 Å². The SMILES string of the molecule is C=C[Si](C)c1cccc(C(=O)O)c1O. The van der Waals surface area contributed by atoms with Crippen molar-refractivity contribution in [2.75, 3.05) is 0 Å². The van der Waals surface area contributed by atoms with Crippen molar-refractivity contribution in [3.63, 3.8) is 0 Å². The molecule has 0 aromatic heterocycles. The Hall–Kier alpha value is -1.55. The third-order valence-corrected chi connectivity index (χ3v) is 3.86. The number of aromatic carboxylic acids is 1. The van der Waals surface area contributed by atoms with E-state index in [9.17, 15) is 9.90 Å². The van der Waals surface area contributed by atoms with Gasteiger partial charge in [-0.05, 0) is 11.3 Å². The van der Waals surface area contributed by atoms with E-state index in [1.54, 1.807) is 17.8 Å². The van der Waals surface area contributed by atoms with Crippen LogP contribution in [0.2, 0.25) is 6.55 Å². The fraction of sp³-hybridized carbons (Fsp3) is 0.100. The first-order chi connectivity index (χ1) is 6.57. The first-order valence-electron chi connectivity index (χ1n) is 4.09. The average Bonchev–Trinajstić information content (AvgIpc) is 2.16. The molecule has 3 nitrogen and oxygen atoms in total. The maximum Gasteiger partial charge on any atom is 0.339 e. The highest BCUT2D eigenvalue weighted by molar-refractivity contribution is 6.77. The summed E-state index contributed by atoms with van der Waals surface area (Å²) < 4.78 is 0. The Bertz CT molecular complexity index is 374. The van der Waals surface area contributed by atoms with E-state index in [4.69, 9.17) is 5.11 Å². The molecule has 1 aromatic carbocycles. The third-order valence-electron chi connectivity index (χ3n) is 2.00. The van der Waals surface area contributed by atoms with Gasteiger partial charge in [-0.1, -0.05) is 24.4 Å². The van der Waals surface area contributed by atoms with Crippen LogP contribution in [0.5, 0.6) is 5.75 Å². The molecule has 0 amide bonds. The number of hydrogen-bond donors (Lipinski definition) is 2. The quantitative estimate of drug-likeness (QED) is 0.731. The molecule has 0 aliphatic heterocycles. The van der Waals surface area contributed by atoms with Gasteiger partial charge in [-0.25, -0.2) is 4.79 Å². The molecular formula is C10H11O3Si. The van der Waals surface area contributed by atoms with Crippen molar-refractivity contribution in [1.82, 2.24) is 0 Å². The number of carboxylic acids is 1. The number of aromatic hydroxyl groups is 1. The number of carboxylic acid groups (broad SMARTS) is 1. The molecule has 1 aromatic rings. The zero-order valence-electron chi connectivity index (χ0n) is 7.82. The lowest BCUT2D eigenvalue weighted by atomic mass is 10.2. The average molecular weight is 207 g/mol. The minimum absolute atomic E-state index is 0.0475. The number of benzene rings is 1. The molecule has 0 saturated carbocycles. The zero-order valence-corrected chi connectivity index (χ0v) is 8.82. The van der Waals surface area contributed by atoms with Crippen LogP contribution in [0.1, 0.15) is 10.4 Å². The summed E-state index contributed by atoms with van der Waals surface area (Å²) in [5.74, 6) is -1.24. The van der Waals surface area contributed by atoms with Gasteiger partial charge in [0.15, 0.2) is 0 Å². The van der Waals surface area contributed by atoms with Crippen LogP contribution in [0.25, 0.3) is 0 Å². The van der Waals surface area contributed by atoms with Crippen LogP contribution in [0.4, 0.5) is 0 Å². The Morgan fingerprint density at radius 1 is 1.57 bits per heavy atom. The first-order valence-corrected chi connectivity index (χ1v) is 6.17. The predicted octanol–water partition coefficient (Wildman–Crippen LogP) is 1.15. The Kier molecular flexibility index (Phi) is 3.09. The summed E-state index contributed by atoms with van der Waals surface area (Å²) in [6, 6.07) is 4.76. The summed E-state index contributed by atoms with van der Waals surface area (Å²) in [5, 5.41) is 19.1. The second-order valence-electron chi connectivity index (χ2n) is 2.89. The molecule has 0 fully saturated rings. The van der Waals surface area contributed by atoms with Gasteiger partial charge in [0.05, 0.1) is 0 Å². The van der Waals surface area contributed by atoms with E-state index in [1.165, 1.54) is 6.07 Å². The zero-order chi connectivity index (χ0) is 10.7. The van der Waals surface area contributed by atoms with Gasteiger partial charge in [0.2, 0.25) is 0 Å². The molecule has 0 aliphatic rings. The Morgan fingerprint density at radius 3 is 2.71 bits per heavy atom. The van der Waals surface area contributed by atoms with E-state index in [1.807, 2.05) is 6.55 Å². The highest BCUT2D eigenvalue weighted by Gasteiger charge is 2.15. The standard InChI is InChI=1S/C10H11O3Si/c1-3-14(2)8-6-4-5-7(9(8)11)10(12)13/h3-6,11H,1H2,2H3,(H,12,13). The van der Waals surface area contributed by atoms with E-state index < -0.39 is 14.8 Å². The number of rotatable bonds is 3. The molecule has 1 rings (SSSR count). The maximum atomic E-state index is 10.7. The molecule has 14 heavy (non-hydrogen) atoms. The fourth-order valence-corrected chi connectivity index (χ4v) is 2.23. The number of para-hydroxylation sites is 1. The lowest BCUT2D eigenvalue weighted by Gasteiger charge is -2.08. The van der Waals surface area contributed by atoms with Crippen LogP contribution in [0.3, 0.4) is 0 Å². The summed E-state index contributed by atoms with van der Waals surface area (Å²) in [5.41, 5.74) is 1.71. The topological polar surface area (TPSA) is 57.5 Å². The lowest BCUT2D eigenvalue weighted by Crippen LogP contribution is -2.25. The van der Waals surface area contributed by atoms with E-state index in [-0.39, 0.29) is 11.3 Å². The summed E-state index contributed by atoms with van der Waals surface area (Å²) >= 11 is 0. The highest BCUT2D eigenvalue weighted by Crippen LogP contribution is 2.14. The molecule has 73 valence electrons. The minimum Gasteiger partial charge on any atom is -0.507 e. The van der Waals surface area contributed by atoms with Gasteiger partial charge >= 0.3 is 5.97 Å². The van der Waals surface area contributed by atoms with Crippen molar-refractivity contribution in [1.29, 1.82) is 0 Å². The summed E-state index contributed by atoms with van der Waals surface area (Å²) in [6.07, 6.45) is 0. The van der Waals surface area contributed by atoms with Gasteiger partial charge in [0.25, 0.3) is 0 Å². The molecule has 0 heterocycles. The second-order valence-corrected chi connectivity index (χ2v) is 5.21. The van der Waals surface area contributed by atoms with Gasteiger partial charge in [-0.15, -0.1) is 6.58 Å². The Morgan fingerprint density at radius 2 is 2.21 bits per heavy atom. The second kappa shape index (κ2) is 4.10. The molecule has 1 radical (unpaired) electrons.